The van der Waals surface area contributed by atoms with E-state index in [1.165, 1.54) is 0 Å². The van der Waals surface area contributed by atoms with Gasteiger partial charge in [0.05, 0.1) is 19.9 Å². The van der Waals surface area contributed by atoms with Gasteiger partial charge in [-0.2, -0.15) is 0 Å². The molecule has 2 amide bonds. The van der Waals surface area contributed by atoms with Gasteiger partial charge in [0.2, 0.25) is 0 Å². The highest BCUT2D eigenvalue weighted by molar-refractivity contribution is 6.00. The number of nitrogens with two attached hydrogens (primary N) is 1. The number of hydrogen-bond donors (Lipinski definition) is 3. The Hall–Kier alpha value is -4.26. The van der Waals surface area contributed by atoms with Gasteiger partial charge in [0, 0.05) is 17.5 Å². The van der Waals surface area contributed by atoms with Gasteiger partial charge in [-0.3, -0.25) is 0 Å². The van der Waals surface area contributed by atoms with E-state index >= 15 is 0 Å². The fourth-order valence-electron chi connectivity index (χ4n) is 4.21. The van der Waals surface area contributed by atoms with Gasteiger partial charge in [-0.1, -0.05) is 57.2 Å². The van der Waals surface area contributed by atoms with Crippen LogP contribution in [0.3, 0.4) is 0 Å². The molecular weight excluding hydrogens is 452 g/mol. The molecule has 1 aliphatic carbocycles. The Morgan fingerprint density at radius 2 is 1.78 bits per heavy atom. The van der Waals surface area contributed by atoms with E-state index in [0.717, 1.165) is 33.5 Å². The van der Waals surface area contributed by atoms with Crippen LogP contribution in [-0.4, -0.2) is 25.2 Å². The number of nitrogen functional groups attached to an aromatic ring is 1. The molecule has 0 fully saturated rings. The lowest BCUT2D eigenvalue weighted by atomic mass is 9.86. The number of ether oxygens (including phenoxy) is 2. The number of nitrogens with one attached hydrogen (secondary N) is 2. The Morgan fingerprint density at radius 3 is 2.44 bits per heavy atom. The fourth-order valence-corrected chi connectivity index (χ4v) is 4.21. The van der Waals surface area contributed by atoms with Crippen LogP contribution in [0, 0.1) is 0 Å². The second-order valence-corrected chi connectivity index (χ2v) is 9.64. The molecule has 4 N–H and O–H groups in total. The molecule has 3 aromatic rings. The van der Waals surface area contributed by atoms with E-state index in [9.17, 15) is 4.79 Å². The Labute approximate surface area is 212 Å². The Kier molecular flexibility index (Phi) is 7.01. The molecule has 7 nitrogen and oxygen atoms in total. The third-order valence-electron chi connectivity index (χ3n) is 6.08. The molecule has 4 rings (SSSR count). The van der Waals surface area contributed by atoms with Gasteiger partial charge in [-0.05, 0) is 58.4 Å². The summed E-state index contributed by atoms with van der Waals surface area (Å²) in [6.45, 7) is 6.31. The molecule has 0 aliphatic heterocycles. The molecule has 0 saturated heterocycles. The van der Waals surface area contributed by atoms with E-state index in [0.29, 0.717) is 29.4 Å². The van der Waals surface area contributed by atoms with Crippen LogP contribution < -0.4 is 25.8 Å². The lowest BCUT2D eigenvalue weighted by Gasteiger charge is -2.24. The molecule has 1 aliphatic rings. The summed E-state index contributed by atoms with van der Waals surface area (Å²) in [6, 6.07) is 15.3. The van der Waals surface area contributed by atoms with Crippen molar-refractivity contribution in [1.29, 1.82) is 0 Å². The number of anilines is 2. The third kappa shape index (κ3) is 5.35. The average Bonchev–Trinajstić information content (AvgIpc) is 2.84. The molecule has 36 heavy (non-hydrogen) atoms. The smallest absolute Gasteiger partial charge is 0.323 e. The molecule has 0 bridgehead atoms. The van der Waals surface area contributed by atoms with Gasteiger partial charge < -0.3 is 25.8 Å². The summed E-state index contributed by atoms with van der Waals surface area (Å²) in [7, 11) is 3.14. The van der Waals surface area contributed by atoms with Crippen molar-refractivity contribution in [1.82, 2.24) is 10.3 Å². The minimum Gasteiger partial charge on any atom is -0.493 e. The number of benzene rings is 2. The Morgan fingerprint density at radius 1 is 1.03 bits per heavy atom. The predicted octanol–water partition coefficient (Wildman–Crippen LogP) is 6.09. The van der Waals surface area contributed by atoms with Gasteiger partial charge in [0.15, 0.2) is 11.5 Å². The molecule has 186 valence electrons. The highest BCUT2D eigenvalue weighted by Crippen LogP contribution is 2.40. The van der Waals surface area contributed by atoms with Crippen molar-refractivity contribution in [2.24, 2.45) is 0 Å². The number of aromatic nitrogens is 1. The van der Waals surface area contributed by atoms with Crippen molar-refractivity contribution in [2.75, 3.05) is 25.3 Å². The number of carbonyl (C=O) groups excluding carboxylic acids is 1. The van der Waals surface area contributed by atoms with Gasteiger partial charge >= 0.3 is 6.03 Å². The molecule has 1 heterocycles. The van der Waals surface area contributed by atoms with Gasteiger partial charge in [-0.25, -0.2) is 9.78 Å². The second kappa shape index (κ2) is 10.2. The van der Waals surface area contributed by atoms with Crippen molar-refractivity contribution in [3.63, 3.8) is 0 Å². The van der Waals surface area contributed by atoms with E-state index in [-0.39, 0.29) is 11.4 Å². The van der Waals surface area contributed by atoms with E-state index < -0.39 is 0 Å². The quantitative estimate of drug-likeness (QED) is 0.407. The minimum absolute atomic E-state index is 0.139. The van der Waals surface area contributed by atoms with E-state index in [2.05, 4.69) is 48.5 Å². The third-order valence-corrected chi connectivity index (χ3v) is 6.08. The molecule has 2 aromatic carbocycles. The normalized spacial score (nSPS) is 14.0. The van der Waals surface area contributed by atoms with Crippen LogP contribution in [-0.2, 0) is 5.41 Å². The number of pyridine rings is 1. The maximum absolute atomic E-state index is 13.1. The minimum atomic E-state index is -0.364. The Bertz CT molecular complexity index is 1350. The van der Waals surface area contributed by atoms with Crippen LogP contribution in [0.4, 0.5) is 16.3 Å². The maximum atomic E-state index is 13.1. The molecule has 0 radical (unpaired) electrons. The van der Waals surface area contributed by atoms with Crippen molar-refractivity contribution < 1.29 is 14.3 Å². The zero-order chi connectivity index (χ0) is 25.9. The van der Waals surface area contributed by atoms with Crippen LogP contribution in [0.15, 0.2) is 60.8 Å². The molecule has 7 heteroatoms. The summed E-state index contributed by atoms with van der Waals surface area (Å²) in [6.07, 6.45) is 6.47. The monoisotopic (exact) mass is 484 g/mol. The van der Waals surface area contributed by atoms with Crippen molar-refractivity contribution >= 4 is 34.9 Å². The first-order valence-corrected chi connectivity index (χ1v) is 11.8. The van der Waals surface area contributed by atoms with E-state index in [1.54, 1.807) is 20.4 Å². The topological polar surface area (TPSA) is 98.5 Å². The first kappa shape index (κ1) is 24.9. The maximum Gasteiger partial charge on any atom is 0.323 e. The molecule has 0 atom stereocenters. The van der Waals surface area contributed by atoms with Gasteiger partial charge in [0.25, 0.3) is 0 Å². The zero-order valence-electron chi connectivity index (χ0n) is 21.3. The highest BCUT2D eigenvalue weighted by atomic mass is 16.5. The molecule has 0 saturated carbocycles. The summed E-state index contributed by atoms with van der Waals surface area (Å²) in [5, 5.41) is 5.97. The largest absolute Gasteiger partial charge is 0.493 e. The Balaban J connectivity index is 1.61. The van der Waals surface area contributed by atoms with Crippen LogP contribution in [0.1, 0.15) is 49.4 Å². The molecule has 0 spiro atoms. The zero-order valence-corrected chi connectivity index (χ0v) is 21.3. The number of hydrogen-bond acceptors (Lipinski definition) is 5. The van der Waals surface area contributed by atoms with Crippen molar-refractivity contribution in [3.8, 4) is 11.5 Å². The molecule has 0 unspecified atom stereocenters. The summed E-state index contributed by atoms with van der Waals surface area (Å²) in [4.78, 5) is 17.2. The number of nitrogens with zero attached hydrogens (tertiary/aromatic N) is 1. The van der Waals surface area contributed by atoms with Crippen LogP contribution in [0.25, 0.3) is 17.3 Å². The van der Waals surface area contributed by atoms with Gasteiger partial charge in [0.1, 0.15) is 5.82 Å². The fraction of sp³-hybridized carbons (Fsp3) is 0.241. The molecule has 1 aromatic heterocycles. The van der Waals surface area contributed by atoms with Crippen LogP contribution >= 0.6 is 0 Å². The van der Waals surface area contributed by atoms with Crippen LogP contribution in [0.5, 0.6) is 11.5 Å². The number of amides is 2. The number of carbonyl (C=O) groups is 1. The first-order valence-electron chi connectivity index (χ1n) is 11.8. The summed E-state index contributed by atoms with van der Waals surface area (Å²) < 4.78 is 11.1. The number of allylic oxidation sites excluding steroid dienone is 2. The van der Waals surface area contributed by atoms with E-state index in [4.69, 9.17) is 15.2 Å². The molecular formula is C29H32N4O3. The lowest BCUT2D eigenvalue weighted by Crippen LogP contribution is -2.29. The van der Waals surface area contributed by atoms with Crippen molar-refractivity contribution in [3.05, 3.63) is 83.1 Å². The number of urea groups is 1. The summed E-state index contributed by atoms with van der Waals surface area (Å²) in [5.74, 6) is 1.51. The number of fused-ring (bicyclic) bond motifs is 1. The number of rotatable bonds is 5. The predicted molar refractivity (Wildman–Crippen MR) is 146 cm³/mol. The van der Waals surface area contributed by atoms with Crippen molar-refractivity contribution in [2.45, 2.75) is 32.6 Å². The highest BCUT2D eigenvalue weighted by Gasteiger charge is 2.22. The number of methoxy groups -OCH3 is 2. The lowest BCUT2D eigenvalue weighted by molar-refractivity contribution is 0.255. The van der Waals surface area contributed by atoms with Crippen LogP contribution in [0.2, 0.25) is 0 Å². The van der Waals surface area contributed by atoms with Gasteiger partial charge in [-0.15, -0.1) is 0 Å². The second-order valence-electron chi connectivity index (χ2n) is 9.64. The first-order chi connectivity index (χ1) is 17.2. The van der Waals surface area contributed by atoms with E-state index in [1.807, 2.05) is 48.5 Å². The standard InChI is InChI=1S/C29H32N4O3/c1-29(2,3)20-16-24(27(36-5)25(17-20)35-4)33-28(34)32-23-11-10-19(21-8-6-7-9-22(21)23)14-18-12-13-31-26(30)15-18/h6-9,11-17H,10H2,1-5H3,(H2,30,31)(H2,32,33,34). The average molecular weight is 485 g/mol. The SMILES string of the molecule is COc1cc(C(C)(C)C)cc(NC(=O)NC2=CCC(=Cc3ccnc(N)c3)c3ccccc32)c1OC. The summed E-state index contributed by atoms with van der Waals surface area (Å²) in [5.41, 5.74) is 12.1. The summed E-state index contributed by atoms with van der Waals surface area (Å²) >= 11 is 0.